The van der Waals surface area contributed by atoms with Gasteiger partial charge in [0.2, 0.25) is 0 Å². The Morgan fingerprint density at radius 1 is 1.31 bits per heavy atom. The highest BCUT2D eigenvalue weighted by Crippen LogP contribution is 2.36. The molecule has 0 saturated heterocycles. The van der Waals surface area contributed by atoms with E-state index in [2.05, 4.69) is 12.1 Å². The van der Waals surface area contributed by atoms with Crippen molar-refractivity contribution in [2.75, 3.05) is 6.61 Å². The number of halogens is 1. The van der Waals surface area contributed by atoms with Crippen LogP contribution in [0.1, 0.15) is 37.8 Å². The highest BCUT2D eigenvalue weighted by Gasteiger charge is 2.25. The molecule has 0 aromatic heterocycles. The quantitative estimate of drug-likeness (QED) is 0.878. The van der Waals surface area contributed by atoms with Crippen molar-refractivity contribution in [1.82, 2.24) is 0 Å². The van der Waals surface area contributed by atoms with E-state index in [-0.39, 0.29) is 18.4 Å². The maximum absolute atomic E-state index is 6.18. The third kappa shape index (κ3) is 2.89. The molecule has 0 amide bonds. The molecule has 0 bridgehead atoms. The fourth-order valence-electron chi connectivity index (χ4n) is 2.02. The SMILES string of the molecule is CCOc1ccc([C@H](N)C2CCC2)cc1.Cl. The zero-order chi connectivity index (χ0) is 10.7. The van der Waals surface area contributed by atoms with Crippen LogP contribution in [0.5, 0.6) is 5.75 Å². The number of nitrogens with two attached hydrogens (primary N) is 1. The van der Waals surface area contributed by atoms with Crippen molar-refractivity contribution < 1.29 is 4.74 Å². The van der Waals surface area contributed by atoms with Gasteiger partial charge in [0, 0.05) is 6.04 Å². The van der Waals surface area contributed by atoms with E-state index < -0.39 is 0 Å². The summed E-state index contributed by atoms with van der Waals surface area (Å²) < 4.78 is 5.40. The average Bonchev–Trinajstić information content (AvgIpc) is 2.16. The lowest BCUT2D eigenvalue weighted by Gasteiger charge is -2.31. The molecule has 0 unspecified atom stereocenters. The molecular formula is C13H20ClNO. The summed E-state index contributed by atoms with van der Waals surface area (Å²) in [6, 6.07) is 8.42. The molecule has 1 aliphatic carbocycles. The minimum Gasteiger partial charge on any atom is -0.494 e. The fourth-order valence-corrected chi connectivity index (χ4v) is 2.02. The van der Waals surface area contributed by atoms with Gasteiger partial charge in [-0.05, 0) is 43.4 Å². The molecule has 16 heavy (non-hydrogen) atoms. The normalized spacial score (nSPS) is 17.1. The lowest BCUT2D eigenvalue weighted by Crippen LogP contribution is -2.26. The second kappa shape index (κ2) is 6.12. The Morgan fingerprint density at radius 2 is 1.94 bits per heavy atom. The third-order valence-corrected chi connectivity index (χ3v) is 3.23. The molecule has 0 radical (unpaired) electrons. The summed E-state index contributed by atoms with van der Waals surface area (Å²) in [6.45, 7) is 2.71. The highest BCUT2D eigenvalue weighted by molar-refractivity contribution is 5.85. The van der Waals surface area contributed by atoms with Gasteiger partial charge in [-0.1, -0.05) is 18.6 Å². The molecule has 1 saturated carbocycles. The lowest BCUT2D eigenvalue weighted by molar-refractivity contribution is 0.264. The molecule has 0 heterocycles. The number of rotatable bonds is 4. The van der Waals surface area contributed by atoms with E-state index in [0.717, 1.165) is 5.75 Å². The molecule has 1 fully saturated rings. The highest BCUT2D eigenvalue weighted by atomic mass is 35.5. The molecule has 2 rings (SSSR count). The van der Waals surface area contributed by atoms with Crippen molar-refractivity contribution in [2.45, 2.75) is 32.2 Å². The smallest absolute Gasteiger partial charge is 0.119 e. The van der Waals surface area contributed by atoms with Crippen molar-refractivity contribution in [3.63, 3.8) is 0 Å². The van der Waals surface area contributed by atoms with E-state index in [0.29, 0.717) is 12.5 Å². The number of benzene rings is 1. The fraction of sp³-hybridized carbons (Fsp3) is 0.538. The number of hydrogen-bond acceptors (Lipinski definition) is 2. The van der Waals surface area contributed by atoms with E-state index in [1.54, 1.807) is 0 Å². The summed E-state index contributed by atoms with van der Waals surface area (Å²) in [5, 5.41) is 0. The van der Waals surface area contributed by atoms with Crippen LogP contribution in [-0.2, 0) is 0 Å². The van der Waals surface area contributed by atoms with Gasteiger partial charge in [-0.25, -0.2) is 0 Å². The van der Waals surface area contributed by atoms with Crippen molar-refractivity contribution in [1.29, 1.82) is 0 Å². The van der Waals surface area contributed by atoms with Crippen LogP contribution in [-0.4, -0.2) is 6.61 Å². The van der Waals surface area contributed by atoms with Gasteiger partial charge >= 0.3 is 0 Å². The van der Waals surface area contributed by atoms with Gasteiger partial charge in [0.05, 0.1) is 6.61 Å². The van der Waals surface area contributed by atoms with Crippen molar-refractivity contribution in [2.24, 2.45) is 11.7 Å². The van der Waals surface area contributed by atoms with Crippen molar-refractivity contribution in [3.05, 3.63) is 29.8 Å². The molecule has 90 valence electrons. The Hall–Kier alpha value is -0.730. The summed E-state index contributed by atoms with van der Waals surface area (Å²) in [4.78, 5) is 0. The molecule has 1 atom stereocenters. The number of ether oxygens (including phenoxy) is 1. The lowest BCUT2D eigenvalue weighted by atomic mass is 9.78. The van der Waals surface area contributed by atoms with E-state index >= 15 is 0 Å². The van der Waals surface area contributed by atoms with Gasteiger partial charge in [-0.15, -0.1) is 12.4 Å². The summed E-state index contributed by atoms with van der Waals surface area (Å²) in [7, 11) is 0. The Kier molecular flexibility index (Phi) is 5.10. The maximum Gasteiger partial charge on any atom is 0.119 e. The molecule has 3 heteroatoms. The van der Waals surface area contributed by atoms with Crippen molar-refractivity contribution in [3.8, 4) is 5.75 Å². The maximum atomic E-state index is 6.18. The van der Waals surface area contributed by atoms with E-state index in [9.17, 15) is 0 Å². The van der Waals surface area contributed by atoms with Crippen LogP contribution < -0.4 is 10.5 Å². The molecule has 1 aromatic carbocycles. The van der Waals surface area contributed by atoms with Crippen LogP contribution in [0.15, 0.2) is 24.3 Å². The zero-order valence-corrected chi connectivity index (χ0v) is 10.5. The summed E-state index contributed by atoms with van der Waals surface area (Å²) in [6.07, 6.45) is 3.91. The Labute approximate surface area is 104 Å². The Balaban J connectivity index is 0.00000128. The van der Waals surface area contributed by atoms with Crippen LogP contribution in [0, 0.1) is 5.92 Å². The first-order valence-electron chi connectivity index (χ1n) is 5.79. The predicted octanol–water partition coefficient (Wildman–Crippen LogP) is 3.31. The topological polar surface area (TPSA) is 35.2 Å². The van der Waals surface area contributed by atoms with Gasteiger partial charge < -0.3 is 10.5 Å². The van der Waals surface area contributed by atoms with E-state index in [1.807, 2.05) is 19.1 Å². The van der Waals surface area contributed by atoms with Gasteiger partial charge in [-0.3, -0.25) is 0 Å². The standard InChI is InChI=1S/C13H19NO.ClH/c1-2-15-12-8-6-11(7-9-12)13(14)10-4-3-5-10;/h6-10,13H,2-5,14H2,1H3;1H/t13-;/m1./s1. The first-order chi connectivity index (χ1) is 7.31. The monoisotopic (exact) mass is 241 g/mol. The first-order valence-corrected chi connectivity index (χ1v) is 5.79. The minimum absolute atomic E-state index is 0. The largest absolute Gasteiger partial charge is 0.494 e. The molecule has 2 N–H and O–H groups in total. The second-order valence-corrected chi connectivity index (χ2v) is 4.22. The van der Waals surface area contributed by atoms with Crippen LogP contribution >= 0.6 is 12.4 Å². The summed E-state index contributed by atoms with van der Waals surface area (Å²) in [5.74, 6) is 1.63. The summed E-state index contributed by atoms with van der Waals surface area (Å²) >= 11 is 0. The molecule has 1 aromatic rings. The molecule has 0 spiro atoms. The van der Waals surface area contributed by atoms with Crippen LogP contribution in [0.2, 0.25) is 0 Å². The Bertz CT molecular complexity index is 308. The average molecular weight is 242 g/mol. The second-order valence-electron chi connectivity index (χ2n) is 4.22. The van der Waals surface area contributed by atoms with Gasteiger partial charge in [0.25, 0.3) is 0 Å². The van der Waals surface area contributed by atoms with E-state index in [4.69, 9.17) is 10.5 Å². The van der Waals surface area contributed by atoms with Gasteiger partial charge in [0.1, 0.15) is 5.75 Å². The zero-order valence-electron chi connectivity index (χ0n) is 9.69. The Morgan fingerprint density at radius 3 is 2.38 bits per heavy atom. The van der Waals surface area contributed by atoms with Crippen LogP contribution in [0.4, 0.5) is 0 Å². The molecule has 2 nitrogen and oxygen atoms in total. The molecular weight excluding hydrogens is 222 g/mol. The molecule has 1 aliphatic rings. The van der Waals surface area contributed by atoms with Crippen molar-refractivity contribution >= 4 is 12.4 Å². The van der Waals surface area contributed by atoms with Crippen LogP contribution in [0.3, 0.4) is 0 Å². The first kappa shape index (κ1) is 13.3. The number of hydrogen-bond donors (Lipinski definition) is 1. The van der Waals surface area contributed by atoms with E-state index in [1.165, 1.54) is 24.8 Å². The van der Waals surface area contributed by atoms with Gasteiger partial charge in [0.15, 0.2) is 0 Å². The predicted molar refractivity (Wildman–Crippen MR) is 69.1 cm³/mol. The minimum atomic E-state index is 0. The van der Waals surface area contributed by atoms with Gasteiger partial charge in [-0.2, -0.15) is 0 Å². The summed E-state index contributed by atoms with van der Waals surface area (Å²) in [5.41, 5.74) is 7.42. The molecule has 0 aliphatic heterocycles. The van der Waals surface area contributed by atoms with Crippen LogP contribution in [0.25, 0.3) is 0 Å². The third-order valence-electron chi connectivity index (χ3n) is 3.23.